The van der Waals surface area contributed by atoms with E-state index >= 15 is 0 Å². The summed E-state index contributed by atoms with van der Waals surface area (Å²) in [6.07, 6.45) is 2.68. The molecule has 76 valence electrons. The summed E-state index contributed by atoms with van der Waals surface area (Å²) >= 11 is 2.02. The maximum absolute atomic E-state index is 4.27. The molecule has 1 aromatic rings. The summed E-state index contributed by atoms with van der Waals surface area (Å²) in [5.41, 5.74) is 2.20. The van der Waals surface area contributed by atoms with Crippen LogP contribution in [-0.2, 0) is 6.42 Å². The zero-order valence-electron chi connectivity index (χ0n) is 8.36. The van der Waals surface area contributed by atoms with Gasteiger partial charge in [-0.2, -0.15) is 11.8 Å². The van der Waals surface area contributed by atoms with Crippen LogP contribution in [0.5, 0.6) is 0 Å². The SMILES string of the molecule is Cc1cc(CC2CSCCN2)ncn1. The third-order valence-electron chi connectivity index (χ3n) is 2.31. The Morgan fingerprint density at radius 3 is 3.21 bits per heavy atom. The van der Waals surface area contributed by atoms with Crippen LogP contribution in [0.1, 0.15) is 11.4 Å². The second kappa shape index (κ2) is 4.75. The average molecular weight is 209 g/mol. The van der Waals surface area contributed by atoms with E-state index in [4.69, 9.17) is 0 Å². The first kappa shape index (κ1) is 9.93. The first-order valence-corrected chi connectivity index (χ1v) is 6.09. The summed E-state index contributed by atoms with van der Waals surface area (Å²) < 4.78 is 0. The van der Waals surface area contributed by atoms with Crippen LogP contribution in [0.2, 0.25) is 0 Å². The third kappa shape index (κ3) is 2.69. The van der Waals surface area contributed by atoms with Crippen LogP contribution >= 0.6 is 11.8 Å². The van der Waals surface area contributed by atoms with Crippen LogP contribution in [-0.4, -0.2) is 34.1 Å². The van der Waals surface area contributed by atoms with Crippen molar-refractivity contribution in [3.8, 4) is 0 Å². The molecule has 0 aromatic carbocycles. The van der Waals surface area contributed by atoms with Crippen LogP contribution in [0.4, 0.5) is 0 Å². The van der Waals surface area contributed by atoms with E-state index in [1.807, 2.05) is 18.7 Å². The highest BCUT2D eigenvalue weighted by Crippen LogP contribution is 2.11. The molecule has 1 unspecified atom stereocenters. The smallest absolute Gasteiger partial charge is 0.115 e. The Bertz CT molecular complexity index is 297. The van der Waals surface area contributed by atoms with Gasteiger partial charge in [0.15, 0.2) is 0 Å². The number of aryl methyl sites for hydroxylation is 1. The summed E-state index contributed by atoms with van der Waals surface area (Å²) in [7, 11) is 0. The number of hydrogen-bond donors (Lipinski definition) is 1. The average Bonchev–Trinajstić information content (AvgIpc) is 2.19. The number of thioether (sulfide) groups is 1. The van der Waals surface area contributed by atoms with Crippen molar-refractivity contribution in [1.82, 2.24) is 15.3 Å². The maximum Gasteiger partial charge on any atom is 0.115 e. The molecule has 1 N–H and O–H groups in total. The molecule has 0 amide bonds. The minimum absolute atomic E-state index is 0.586. The number of rotatable bonds is 2. The van der Waals surface area contributed by atoms with Crippen LogP contribution in [0.25, 0.3) is 0 Å². The Kier molecular flexibility index (Phi) is 3.37. The van der Waals surface area contributed by atoms with Gasteiger partial charge in [-0.3, -0.25) is 0 Å². The zero-order chi connectivity index (χ0) is 9.80. The second-order valence-corrected chi connectivity index (χ2v) is 4.73. The highest BCUT2D eigenvalue weighted by atomic mass is 32.2. The van der Waals surface area contributed by atoms with Crippen LogP contribution < -0.4 is 5.32 Å². The van der Waals surface area contributed by atoms with E-state index < -0.39 is 0 Å². The highest BCUT2D eigenvalue weighted by Gasteiger charge is 2.13. The van der Waals surface area contributed by atoms with Gasteiger partial charge in [-0.25, -0.2) is 9.97 Å². The number of hydrogen-bond acceptors (Lipinski definition) is 4. The summed E-state index contributed by atoms with van der Waals surface area (Å²) in [6.45, 7) is 3.13. The fourth-order valence-electron chi connectivity index (χ4n) is 1.62. The molecule has 2 heterocycles. The molecule has 0 saturated carbocycles. The van der Waals surface area contributed by atoms with Crippen LogP contribution in [0.15, 0.2) is 12.4 Å². The van der Waals surface area contributed by atoms with Gasteiger partial charge in [0, 0.05) is 41.9 Å². The molecule has 1 aliphatic heterocycles. The fraction of sp³-hybridized carbons (Fsp3) is 0.600. The summed E-state index contributed by atoms with van der Waals surface area (Å²) in [6, 6.07) is 2.66. The first-order chi connectivity index (χ1) is 6.84. The molecular weight excluding hydrogens is 194 g/mol. The fourth-order valence-corrected chi connectivity index (χ4v) is 2.57. The van der Waals surface area contributed by atoms with Crippen molar-refractivity contribution in [3.05, 3.63) is 23.8 Å². The standard InChI is InChI=1S/C10H15N3S/c1-8-4-9(13-7-12-8)5-10-6-14-3-2-11-10/h4,7,10-11H,2-3,5-6H2,1H3. The number of aromatic nitrogens is 2. The lowest BCUT2D eigenvalue weighted by Crippen LogP contribution is -2.39. The largest absolute Gasteiger partial charge is 0.312 e. The van der Waals surface area contributed by atoms with Crippen LogP contribution in [0, 0.1) is 6.92 Å². The van der Waals surface area contributed by atoms with Gasteiger partial charge in [-0.1, -0.05) is 0 Å². The maximum atomic E-state index is 4.27. The molecule has 1 saturated heterocycles. The van der Waals surface area contributed by atoms with Crippen molar-refractivity contribution in [2.75, 3.05) is 18.1 Å². The predicted octanol–water partition coefficient (Wildman–Crippen LogP) is 1.03. The van der Waals surface area contributed by atoms with E-state index in [0.29, 0.717) is 6.04 Å². The van der Waals surface area contributed by atoms with E-state index in [-0.39, 0.29) is 0 Å². The summed E-state index contributed by atoms with van der Waals surface area (Å²) in [5, 5.41) is 3.51. The second-order valence-electron chi connectivity index (χ2n) is 3.58. The van der Waals surface area contributed by atoms with E-state index in [0.717, 1.165) is 24.4 Å². The van der Waals surface area contributed by atoms with Gasteiger partial charge in [0.1, 0.15) is 6.33 Å². The Balaban J connectivity index is 1.95. The van der Waals surface area contributed by atoms with Gasteiger partial charge in [0.2, 0.25) is 0 Å². The van der Waals surface area contributed by atoms with Crippen molar-refractivity contribution < 1.29 is 0 Å². The van der Waals surface area contributed by atoms with Crippen LogP contribution in [0.3, 0.4) is 0 Å². The molecular formula is C10H15N3S. The minimum Gasteiger partial charge on any atom is -0.312 e. The molecule has 4 heteroatoms. The molecule has 2 rings (SSSR count). The minimum atomic E-state index is 0.586. The first-order valence-electron chi connectivity index (χ1n) is 4.93. The van der Waals surface area contributed by atoms with Gasteiger partial charge >= 0.3 is 0 Å². The van der Waals surface area contributed by atoms with Crippen molar-refractivity contribution in [3.63, 3.8) is 0 Å². The van der Waals surface area contributed by atoms with Gasteiger partial charge < -0.3 is 5.32 Å². The van der Waals surface area contributed by atoms with Crippen molar-refractivity contribution >= 4 is 11.8 Å². The Morgan fingerprint density at radius 2 is 2.50 bits per heavy atom. The zero-order valence-corrected chi connectivity index (χ0v) is 9.18. The summed E-state index contributed by atoms with van der Waals surface area (Å²) in [4.78, 5) is 8.37. The Labute approximate surface area is 88.7 Å². The topological polar surface area (TPSA) is 37.8 Å². The van der Waals surface area contributed by atoms with Gasteiger partial charge in [-0.05, 0) is 13.0 Å². The lowest BCUT2D eigenvalue weighted by Gasteiger charge is -2.22. The lowest BCUT2D eigenvalue weighted by molar-refractivity contribution is 0.556. The van der Waals surface area contributed by atoms with Crippen molar-refractivity contribution in [1.29, 1.82) is 0 Å². The molecule has 1 atom stereocenters. The molecule has 0 radical (unpaired) electrons. The van der Waals surface area contributed by atoms with Gasteiger partial charge in [-0.15, -0.1) is 0 Å². The van der Waals surface area contributed by atoms with E-state index in [1.54, 1.807) is 6.33 Å². The van der Waals surface area contributed by atoms with Crippen molar-refractivity contribution in [2.45, 2.75) is 19.4 Å². The Morgan fingerprint density at radius 1 is 1.57 bits per heavy atom. The molecule has 0 bridgehead atoms. The molecule has 0 spiro atoms. The predicted molar refractivity (Wildman–Crippen MR) is 59.6 cm³/mol. The van der Waals surface area contributed by atoms with E-state index in [1.165, 1.54) is 11.5 Å². The highest BCUT2D eigenvalue weighted by molar-refractivity contribution is 7.99. The molecule has 3 nitrogen and oxygen atoms in total. The number of nitrogens with zero attached hydrogens (tertiary/aromatic N) is 2. The van der Waals surface area contributed by atoms with E-state index in [9.17, 15) is 0 Å². The molecule has 1 aliphatic rings. The van der Waals surface area contributed by atoms with Gasteiger partial charge in [0.05, 0.1) is 0 Å². The number of nitrogens with one attached hydrogen (secondary N) is 1. The molecule has 1 aromatic heterocycles. The summed E-state index contributed by atoms with van der Waals surface area (Å²) in [5.74, 6) is 2.43. The van der Waals surface area contributed by atoms with E-state index in [2.05, 4.69) is 21.4 Å². The quantitative estimate of drug-likeness (QED) is 0.789. The molecule has 1 fully saturated rings. The van der Waals surface area contributed by atoms with Gasteiger partial charge in [0.25, 0.3) is 0 Å². The monoisotopic (exact) mass is 209 g/mol. The third-order valence-corrected chi connectivity index (χ3v) is 3.45. The lowest BCUT2D eigenvalue weighted by atomic mass is 10.1. The molecule has 14 heavy (non-hydrogen) atoms. The normalized spacial score (nSPS) is 22.2. The molecule has 0 aliphatic carbocycles. The Hall–Kier alpha value is -0.610. The van der Waals surface area contributed by atoms with Crippen molar-refractivity contribution in [2.24, 2.45) is 0 Å².